The SMILES string of the molecule is CCS(=O)(=O)N1CCC(C(=O)NCc2nc(-c3ccccc3C)no2)CC1. The van der Waals surface area contributed by atoms with Crippen LogP contribution in [-0.4, -0.2) is 47.6 Å². The van der Waals surface area contributed by atoms with Gasteiger partial charge in [-0.1, -0.05) is 29.4 Å². The molecule has 1 aliphatic heterocycles. The number of nitrogens with zero attached hydrogens (tertiary/aromatic N) is 3. The lowest BCUT2D eigenvalue weighted by molar-refractivity contribution is -0.126. The molecule has 0 radical (unpaired) electrons. The molecule has 2 aromatic rings. The second kappa shape index (κ2) is 8.18. The van der Waals surface area contributed by atoms with Crippen LogP contribution in [0.1, 0.15) is 31.2 Å². The summed E-state index contributed by atoms with van der Waals surface area (Å²) in [4.78, 5) is 16.7. The summed E-state index contributed by atoms with van der Waals surface area (Å²) in [5, 5.41) is 6.79. The van der Waals surface area contributed by atoms with Crippen molar-refractivity contribution >= 4 is 15.9 Å². The third-order valence-electron chi connectivity index (χ3n) is 4.85. The smallest absolute Gasteiger partial charge is 0.246 e. The minimum absolute atomic E-state index is 0.0875. The number of amides is 1. The summed E-state index contributed by atoms with van der Waals surface area (Å²) in [6.45, 7) is 4.52. The van der Waals surface area contributed by atoms with Gasteiger partial charge in [-0.2, -0.15) is 4.98 Å². The Hall–Kier alpha value is -2.26. The zero-order valence-corrected chi connectivity index (χ0v) is 16.3. The molecule has 0 unspecified atom stereocenters. The molecule has 1 aromatic carbocycles. The Morgan fingerprint density at radius 3 is 2.67 bits per heavy atom. The van der Waals surface area contributed by atoms with Gasteiger partial charge in [0.15, 0.2) is 0 Å². The van der Waals surface area contributed by atoms with Crippen LogP contribution in [0.5, 0.6) is 0 Å². The fourth-order valence-electron chi connectivity index (χ4n) is 3.15. The number of sulfonamides is 1. The summed E-state index contributed by atoms with van der Waals surface area (Å²) in [5.41, 5.74) is 1.94. The summed E-state index contributed by atoms with van der Waals surface area (Å²) in [6, 6.07) is 7.74. The van der Waals surface area contributed by atoms with Gasteiger partial charge in [0, 0.05) is 24.6 Å². The van der Waals surface area contributed by atoms with Gasteiger partial charge in [0.2, 0.25) is 27.6 Å². The maximum Gasteiger partial charge on any atom is 0.246 e. The van der Waals surface area contributed by atoms with E-state index in [1.807, 2.05) is 31.2 Å². The van der Waals surface area contributed by atoms with Gasteiger partial charge in [-0.15, -0.1) is 0 Å². The number of nitrogens with one attached hydrogen (secondary N) is 1. The Balaban J connectivity index is 1.53. The molecule has 1 amide bonds. The first kappa shape index (κ1) is 19.5. The van der Waals surface area contributed by atoms with Gasteiger partial charge >= 0.3 is 0 Å². The average molecular weight is 392 g/mol. The summed E-state index contributed by atoms with van der Waals surface area (Å²) in [5.74, 6) is 0.610. The van der Waals surface area contributed by atoms with Crippen molar-refractivity contribution in [1.29, 1.82) is 0 Å². The van der Waals surface area contributed by atoms with Crippen LogP contribution in [0.25, 0.3) is 11.4 Å². The zero-order valence-electron chi connectivity index (χ0n) is 15.5. The van der Waals surface area contributed by atoms with Crippen molar-refractivity contribution in [2.75, 3.05) is 18.8 Å². The number of rotatable bonds is 6. The van der Waals surface area contributed by atoms with Crippen molar-refractivity contribution in [3.63, 3.8) is 0 Å². The average Bonchev–Trinajstić information content (AvgIpc) is 3.15. The van der Waals surface area contributed by atoms with Crippen LogP contribution in [0.2, 0.25) is 0 Å². The van der Waals surface area contributed by atoms with Gasteiger partial charge in [0.1, 0.15) is 0 Å². The zero-order chi connectivity index (χ0) is 19.4. The van der Waals surface area contributed by atoms with Crippen LogP contribution in [0.4, 0.5) is 0 Å². The van der Waals surface area contributed by atoms with E-state index in [0.29, 0.717) is 37.6 Å². The first-order valence-corrected chi connectivity index (χ1v) is 10.7. The van der Waals surface area contributed by atoms with Gasteiger partial charge in [-0.25, -0.2) is 12.7 Å². The standard InChI is InChI=1S/C18H24N4O4S/c1-3-27(24,25)22-10-8-14(9-11-22)18(23)19-12-16-20-17(21-26-16)15-7-5-4-6-13(15)2/h4-7,14H,3,8-12H2,1-2H3,(H,19,23). The van der Waals surface area contributed by atoms with Crippen molar-refractivity contribution in [2.24, 2.45) is 5.92 Å². The molecule has 1 N–H and O–H groups in total. The maximum absolute atomic E-state index is 12.4. The maximum atomic E-state index is 12.4. The fraction of sp³-hybridized carbons (Fsp3) is 0.500. The highest BCUT2D eigenvalue weighted by atomic mass is 32.2. The van der Waals surface area contributed by atoms with Crippen LogP contribution in [0.3, 0.4) is 0 Å². The Bertz CT molecular complexity index is 902. The molecule has 0 aliphatic carbocycles. The molecule has 1 fully saturated rings. The van der Waals surface area contributed by atoms with E-state index in [1.54, 1.807) is 6.92 Å². The highest BCUT2D eigenvalue weighted by molar-refractivity contribution is 7.89. The van der Waals surface area contributed by atoms with Crippen LogP contribution in [0.15, 0.2) is 28.8 Å². The van der Waals surface area contributed by atoms with E-state index < -0.39 is 10.0 Å². The number of carbonyl (C=O) groups excluding carboxylic acids is 1. The fourth-order valence-corrected chi connectivity index (χ4v) is 4.28. The molecule has 0 spiro atoms. The third kappa shape index (κ3) is 4.54. The lowest BCUT2D eigenvalue weighted by atomic mass is 9.97. The molecule has 8 nitrogen and oxygen atoms in total. The topological polar surface area (TPSA) is 105 Å². The van der Waals surface area contributed by atoms with Gasteiger partial charge in [-0.3, -0.25) is 4.79 Å². The molecule has 0 bridgehead atoms. The van der Waals surface area contributed by atoms with Gasteiger partial charge in [0.25, 0.3) is 0 Å². The first-order valence-electron chi connectivity index (χ1n) is 9.05. The van der Waals surface area contributed by atoms with Crippen molar-refractivity contribution in [1.82, 2.24) is 19.8 Å². The Morgan fingerprint density at radius 1 is 1.30 bits per heavy atom. The predicted molar refractivity (Wildman–Crippen MR) is 100 cm³/mol. The second-order valence-corrected chi connectivity index (χ2v) is 8.88. The first-order chi connectivity index (χ1) is 12.9. The molecular formula is C18H24N4O4S. The molecule has 146 valence electrons. The van der Waals surface area contributed by atoms with E-state index >= 15 is 0 Å². The highest BCUT2D eigenvalue weighted by Gasteiger charge is 2.30. The lowest BCUT2D eigenvalue weighted by Crippen LogP contribution is -2.43. The summed E-state index contributed by atoms with van der Waals surface area (Å²) < 4.78 is 30.5. The summed E-state index contributed by atoms with van der Waals surface area (Å²) >= 11 is 0. The van der Waals surface area contributed by atoms with Gasteiger partial charge in [-0.05, 0) is 32.3 Å². The lowest BCUT2D eigenvalue weighted by Gasteiger charge is -2.30. The van der Waals surface area contributed by atoms with Crippen molar-refractivity contribution < 1.29 is 17.7 Å². The predicted octanol–water partition coefficient (Wildman–Crippen LogP) is 1.72. The van der Waals surface area contributed by atoms with E-state index in [0.717, 1.165) is 11.1 Å². The molecule has 0 saturated carbocycles. The van der Waals surface area contributed by atoms with Crippen LogP contribution in [-0.2, 0) is 21.4 Å². The summed E-state index contributed by atoms with van der Waals surface area (Å²) in [6.07, 6.45) is 1.03. The van der Waals surface area contributed by atoms with E-state index in [2.05, 4.69) is 15.5 Å². The Labute approximate surface area is 159 Å². The highest BCUT2D eigenvalue weighted by Crippen LogP contribution is 2.21. The molecule has 1 aromatic heterocycles. The van der Waals surface area contributed by atoms with E-state index in [-0.39, 0.29) is 24.1 Å². The van der Waals surface area contributed by atoms with Crippen molar-refractivity contribution in [2.45, 2.75) is 33.2 Å². The minimum atomic E-state index is -3.18. The minimum Gasteiger partial charge on any atom is -0.347 e. The van der Waals surface area contributed by atoms with E-state index in [4.69, 9.17) is 4.52 Å². The van der Waals surface area contributed by atoms with Crippen LogP contribution >= 0.6 is 0 Å². The van der Waals surface area contributed by atoms with Crippen LogP contribution < -0.4 is 5.32 Å². The van der Waals surface area contributed by atoms with Crippen molar-refractivity contribution in [3.8, 4) is 11.4 Å². The van der Waals surface area contributed by atoms with Gasteiger partial charge < -0.3 is 9.84 Å². The van der Waals surface area contributed by atoms with Gasteiger partial charge in [0.05, 0.1) is 12.3 Å². The molecule has 27 heavy (non-hydrogen) atoms. The molecule has 1 saturated heterocycles. The number of aryl methyl sites for hydroxylation is 1. The monoisotopic (exact) mass is 392 g/mol. The normalized spacial score (nSPS) is 16.4. The Kier molecular flexibility index (Phi) is 5.91. The molecule has 1 aliphatic rings. The number of carbonyl (C=O) groups is 1. The number of aromatic nitrogens is 2. The number of hydrogen-bond donors (Lipinski definition) is 1. The number of benzene rings is 1. The number of hydrogen-bond acceptors (Lipinski definition) is 6. The third-order valence-corrected chi connectivity index (χ3v) is 6.73. The van der Waals surface area contributed by atoms with Crippen molar-refractivity contribution in [3.05, 3.63) is 35.7 Å². The second-order valence-electron chi connectivity index (χ2n) is 6.62. The molecule has 2 heterocycles. The largest absolute Gasteiger partial charge is 0.347 e. The molecular weight excluding hydrogens is 368 g/mol. The van der Waals surface area contributed by atoms with E-state index in [9.17, 15) is 13.2 Å². The molecule has 3 rings (SSSR count). The Morgan fingerprint density at radius 2 is 2.00 bits per heavy atom. The number of piperidine rings is 1. The quantitative estimate of drug-likeness (QED) is 0.802. The summed E-state index contributed by atoms with van der Waals surface area (Å²) in [7, 11) is -3.18. The molecule has 0 atom stereocenters. The molecule has 9 heteroatoms. The van der Waals surface area contributed by atoms with E-state index in [1.165, 1.54) is 4.31 Å². The van der Waals surface area contributed by atoms with Crippen LogP contribution in [0, 0.1) is 12.8 Å².